The summed E-state index contributed by atoms with van der Waals surface area (Å²) in [7, 11) is 6.57. The average molecular weight is 358 g/mol. The molecule has 2 aromatic rings. The molecule has 2 heterocycles. The Labute approximate surface area is 152 Å². The third-order valence-corrected chi connectivity index (χ3v) is 5.02. The van der Waals surface area contributed by atoms with Crippen molar-refractivity contribution in [2.75, 3.05) is 28.4 Å². The van der Waals surface area contributed by atoms with E-state index < -0.39 is 0 Å². The maximum absolute atomic E-state index is 6.33. The molecule has 2 aromatic carbocycles. The van der Waals surface area contributed by atoms with Gasteiger partial charge in [-0.3, -0.25) is 0 Å². The molecule has 2 aliphatic heterocycles. The highest BCUT2D eigenvalue weighted by molar-refractivity contribution is 5.51. The number of benzene rings is 2. The minimum absolute atomic E-state index is 0.226. The van der Waals surface area contributed by atoms with Gasteiger partial charge < -0.3 is 28.4 Å². The highest BCUT2D eigenvalue weighted by atomic mass is 16.6. The van der Waals surface area contributed by atoms with Gasteiger partial charge in [-0.15, -0.1) is 0 Å². The van der Waals surface area contributed by atoms with Crippen molar-refractivity contribution in [1.29, 1.82) is 0 Å². The first-order chi connectivity index (χ1) is 12.7. The molecule has 0 aliphatic carbocycles. The van der Waals surface area contributed by atoms with Crippen molar-refractivity contribution < 1.29 is 28.4 Å². The molecular weight excluding hydrogens is 336 g/mol. The van der Waals surface area contributed by atoms with E-state index in [0.717, 1.165) is 28.2 Å². The van der Waals surface area contributed by atoms with Gasteiger partial charge in [0.1, 0.15) is 23.7 Å². The van der Waals surface area contributed by atoms with E-state index in [1.165, 1.54) is 0 Å². The highest BCUT2D eigenvalue weighted by Crippen LogP contribution is 2.49. The van der Waals surface area contributed by atoms with Crippen molar-refractivity contribution in [1.82, 2.24) is 0 Å². The molecule has 0 spiro atoms. The van der Waals surface area contributed by atoms with Crippen LogP contribution in [0.3, 0.4) is 0 Å². The minimum Gasteiger partial charge on any atom is -0.497 e. The Hall–Kier alpha value is -2.44. The van der Waals surface area contributed by atoms with E-state index in [0.29, 0.717) is 18.1 Å². The molecule has 0 aromatic heterocycles. The van der Waals surface area contributed by atoms with E-state index in [9.17, 15) is 0 Å². The summed E-state index contributed by atoms with van der Waals surface area (Å²) in [4.78, 5) is 0. The van der Waals surface area contributed by atoms with Crippen molar-refractivity contribution in [3.8, 4) is 23.0 Å². The van der Waals surface area contributed by atoms with E-state index in [2.05, 4.69) is 0 Å². The molecule has 3 atom stereocenters. The Morgan fingerprint density at radius 1 is 0.885 bits per heavy atom. The van der Waals surface area contributed by atoms with Crippen LogP contribution in [0.1, 0.15) is 28.9 Å². The van der Waals surface area contributed by atoms with Gasteiger partial charge >= 0.3 is 0 Å². The lowest BCUT2D eigenvalue weighted by atomic mass is 9.87. The fourth-order valence-electron chi connectivity index (χ4n) is 3.71. The van der Waals surface area contributed by atoms with Crippen LogP contribution in [0.15, 0.2) is 30.3 Å². The van der Waals surface area contributed by atoms with Gasteiger partial charge in [0.2, 0.25) is 0 Å². The molecule has 0 N–H and O–H groups in total. The molecule has 4 rings (SSSR count). The first-order valence-corrected chi connectivity index (χ1v) is 8.44. The molecule has 0 amide bonds. The van der Waals surface area contributed by atoms with Crippen LogP contribution in [0.5, 0.6) is 23.0 Å². The van der Waals surface area contributed by atoms with Crippen molar-refractivity contribution in [2.24, 2.45) is 0 Å². The van der Waals surface area contributed by atoms with Crippen molar-refractivity contribution in [3.63, 3.8) is 0 Å². The molecule has 0 bridgehead atoms. The summed E-state index contributed by atoms with van der Waals surface area (Å²) >= 11 is 0. The Morgan fingerprint density at radius 2 is 1.65 bits per heavy atom. The molecule has 3 unspecified atom stereocenters. The van der Waals surface area contributed by atoms with Gasteiger partial charge in [0.15, 0.2) is 17.6 Å². The van der Waals surface area contributed by atoms with E-state index >= 15 is 0 Å². The summed E-state index contributed by atoms with van der Waals surface area (Å²) in [6, 6.07) is 9.65. The SMILES string of the molecule is COc1ccc2c(c1)OC1c3cc(OC)c(OC)cc3COC1C2OC. The van der Waals surface area contributed by atoms with E-state index in [1.54, 1.807) is 28.4 Å². The third kappa shape index (κ3) is 2.57. The first kappa shape index (κ1) is 17.0. The molecule has 0 saturated carbocycles. The molecule has 0 radical (unpaired) electrons. The van der Waals surface area contributed by atoms with Crippen LogP contribution in [-0.2, 0) is 16.1 Å². The van der Waals surface area contributed by atoms with Gasteiger partial charge in [0.05, 0.1) is 27.9 Å². The summed E-state index contributed by atoms with van der Waals surface area (Å²) in [5, 5.41) is 0. The van der Waals surface area contributed by atoms with Gasteiger partial charge in [0, 0.05) is 24.3 Å². The van der Waals surface area contributed by atoms with Crippen LogP contribution in [0.2, 0.25) is 0 Å². The Kier molecular flexibility index (Phi) is 4.38. The molecule has 0 saturated heterocycles. The summed E-state index contributed by atoms with van der Waals surface area (Å²) < 4.78 is 34.4. The van der Waals surface area contributed by atoms with Crippen molar-refractivity contribution >= 4 is 0 Å². The Bertz CT molecular complexity index is 818. The zero-order valence-electron chi connectivity index (χ0n) is 15.3. The quantitative estimate of drug-likeness (QED) is 0.835. The first-order valence-electron chi connectivity index (χ1n) is 8.44. The Balaban J connectivity index is 1.81. The molecule has 6 nitrogen and oxygen atoms in total. The monoisotopic (exact) mass is 358 g/mol. The van der Waals surface area contributed by atoms with Gasteiger partial charge in [-0.25, -0.2) is 0 Å². The second kappa shape index (κ2) is 6.70. The topological polar surface area (TPSA) is 55.4 Å². The zero-order chi connectivity index (χ0) is 18.3. The molecule has 0 fully saturated rings. The third-order valence-electron chi connectivity index (χ3n) is 5.02. The molecular formula is C20H22O6. The zero-order valence-corrected chi connectivity index (χ0v) is 15.3. The molecule has 26 heavy (non-hydrogen) atoms. The van der Waals surface area contributed by atoms with Crippen LogP contribution in [0, 0.1) is 0 Å². The minimum atomic E-state index is -0.303. The maximum Gasteiger partial charge on any atom is 0.161 e. The fraction of sp³-hybridized carbons (Fsp3) is 0.400. The van der Waals surface area contributed by atoms with Gasteiger partial charge in [-0.1, -0.05) is 0 Å². The normalized spacial score (nSPS) is 23.2. The summed E-state index contributed by atoms with van der Waals surface area (Å²) in [6.07, 6.45) is -0.773. The predicted molar refractivity (Wildman–Crippen MR) is 94.2 cm³/mol. The lowest BCUT2D eigenvalue weighted by Gasteiger charge is -2.42. The molecule has 6 heteroatoms. The van der Waals surface area contributed by atoms with Crippen molar-refractivity contribution in [3.05, 3.63) is 47.0 Å². The number of rotatable bonds is 4. The summed E-state index contributed by atoms with van der Waals surface area (Å²) in [5.41, 5.74) is 3.00. The molecule has 138 valence electrons. The van der Waals surface area contributed by atoms with Crippen LogP contribution in [0.4, 0.5) is 0 Å². The highest BCUT2D eigenvalue weighted by Gasteiger charge is 2.44. The fourth-order valence-corrected chi connectivity index (χ4v) is 3.71. The number of hydrogen-bond donors (Lipinski definition) is 0. The summed E-state index contributed by atoms with van der Waals surface area (Å²) in [5.74, 6) is 2.82. The van der Waals surface area contributed by atoms with Crippen molar-refractivity contribution in [2.45, 2.75) is 24.9 Å². The number of fused-ring (bicyclic) bond motifs is 4. The smallest absolute Gasteiger partial charge is 0.161 e. The maximum atomic E-state index is 6.33. The van der Waals surface area contributed by atoms with Crippen LogP contribution in [-0.4, -0.2) is 34.5 Å². The lowest BCUT2D eigenvalue weighted by Crippen LogP contribution is -2.40. The molecule has 2 aliphatic rings. The number of hydrogen-bond acceptors (Lipinski definition) is 6. The van der Waals surface area contributed by atoms with Gasteiger partial charge in [-0.2, -0.15) is 0 Å². The second-order valence-electron chi connectivity index (χ2n) is 6.28. The van der Waals surface area contributed by atoms with E-state index in [-0.39, 0.29) is 18.3 Å². The standard InChI is InChI=1S/C20H22O6/c1-21-12-5-6-13-15(8-12)26-19-14-9-17(23-3)16(22-2)7-11(14)10-25-20(19)18(13)24-4/h5-9,18-20H,10H2,1-4H3. The van der Waals surface area contributed by atoms with E-state index in [1.807, 2.05) is 30.3 Å². The van der Waals surface area contributed by atoms with E-state index in [4.69, 9.17) is 28.4 Å². The lowest BCUT2D eigenvalue weighted by molar-refractivity contribution is -0.138. The van der Waals surface area contributed by atoms with Gasteiger partial charge in [0.25, 0.3) is 0 Å². The van der Waals surface area contributed by atoms with Crippen LogP contribution in [0.25, 0.3) is 0 Å². The Morgan fingerprint density at radius 3 is 2.35 bits per heavy atom. The van der Waals surface area contributed by atoms with Crippen LogP contribution < -0.4 is 18.9 Å². The van der Waals surface area contributed by atoms with Crippen LogP contribution >= 0.6 is 0 Å². The number of methoxy groups -OCH3 is 4. The predicted octanol–water partition coefficient (Wildman–Crippen LogP) is 3.43. The average Bonchev–Trinajstić information content (AvgIpc) is 2.70. The second-order valence-corrected chi connectivity index (χ2v) is 6.28. The summed E-state index contributed by atoms with van der Waals surface area (Å²) in [6.45, 7) is 0.464. The van der Waals surface area contributed by atoms with Gasteiger partial charge in [-0.05, 0) is 29.8 Å². The number of ether oxygens (including phenoxy) is 6. The largest absolute Gasteiger partial charge is 0.497 e.